The molecule has 3 nitrogen and oxygen atoms in total. The van der Waals surface area contributed by atoms with Crippen LogP contribution in [0.15, 0.2) is 0 Å². The van der Waals surface area contributed by atoms with Crippen LogP contribution in [0.4, 0.5) is 0 Å². The fourth-order valence-corrected chi connectivity index (χ4v) is 2.07. The highest BCUT2D eigenvalue weighted by molar-refractivity contribution is 7.88. The van der Waals surface area contributed by atoms with Gasteiger partial charge in [0.25, 0.3) is 0 Å². The summed E-state index contributed by atoms with van der Waals surface area (Å²) >= 11 is 0. The molecule has 0 aromatic heterocycles. The van der Waals surface area contributed by atoms with Crippen molar-refractivity contribution in [1.29, 1.82) is 0 Å². The summed E-state index contributed by atoms with van der Waals surface area (Å²) in [5, 5.41) is 0. The lowest BCUT2D eigenvalue weighted by atomic mass is 10.6. The molecule has 0 heterocycles. The third kappa shape index (κ3) is 1.70. The Morgan fingerprint density at radius 3 is 2.20 bits per heavy atom. The SMILES string of the molecule is [CH2]CN(C1CC1)S(C)(=O)=O. The van der Waals surface area contributed by atoms with E-state index in [1.807, 2.05) is 0 Å². The second-order valence-electron chi connectivity index (χ2n) is 2.60. The number of hydrogen-bond donors (Lipinski definition) is 0. The van der Waals surface area contributed by atoms with Crippen LogP contribution < -0.4 is 0 Å². The summed E-state index contributed by atoms with van der Waals surface area (Å²) in [4.78, 5) is 0. The van der Waals surface area contributed by atoms with Crippen LogP contribution in [0.5, 0.6) is 0 Å². The first-order valence-electron chi connectivity index (χ1n) is 3.32. The van der Waals surface area contributed by atoms with E-state index in [4.69, 9.17) is 0 Å². The molecule has 59 valence electrons. The minimum absolute atomic E-state index is 0.257. The molecule has 10 heavy (non-hydrogen) atoms. The maximum Gasteiger partial charge on any atom is 0.211 e. The Balaban J connectivity index is 2.64. The smallest absolute Gasteiger partial charge is 0.211 e. The zero-order valence-electron chi connectivity index (χ0n) is 6.08. The predicted molar refractivity (Wildman–Crippen MR) is 39.9 cm³/mol. The fourth-order valence-electron chi connectivity index (χ4n) is 0.982. The van der Waals surface area contributed by atoms with Gasteiger partial charge in [0.1, 0.15) is 0 Å². The molecule has 0 aliphatic heterocycles. The molecule has 1 rings (SSSR count). The Morgan fingerprint density at radius 1 is 1.60 bits per heavy atom. The minimum atomic E-state index is -2.98. The van der Waals surface area contributed by atoms with Crippen molar-refractivity contribution in [2.75, 3.05) is 12.8 Å². The van der Waals surface area contributed by atoms with Crippen LogP contribution in [0.2, 0.25) is 0 Å². The van der Waals surface area contributed by atoms with Gasteiger partial charge in [0.15, 0.2) is 0 Å². The van der Waals surface area contributed by atoms with Crippen molar-refractivity contribution in [2.45, 2.75) is 18.9 Å². The Morgan fingerprint density at radius 2 is 2.10 bits per heavy atom. The van der Waals surface area contributed by atoms with Gasteiger partial charge in [0, 0.05) is 12.6 Å². The van der Waals surface area contributed by atoms with Crippen molar-refractivity contribution in [2.24, 2.45) is 0 Å². The highest BCUT2D eigenvalue weighted by Gasteiger charge is 2.33. The largest absolute Gasteiger partial charge is 0.212 e. The molecule has 0 N–H and O–H groups in total. The van der Waals surface area contributed by atoms with E-state index in [1.165, 1.54) is 10.6 Å². The van der Waals surface area contributed by atoms with E-state index in [2.05, 4.69) is 6.92 Å². The molecule has 1 fully saturated rings. The highest BCUT2D eigenvalue weighted by atomic mass is 32.2. The molecule has 0 spiro atoms. The van der Waals surface area contributed by atoms with E-state index >= 15 is 0 Å². The molecule has 0 aromatic rings. The number of sulfonamides is 1. The van der Waals surface area contributed by atoms with E-state index in [9.17, 15) is 8.42 Å². The van der Waals surface area contributed by atoms with Gasteiger partial charge in [-0.1, -0.05) is 0 Å². The van der Waals surface area contributed by atoms with Gasteiger partial charge in [0.05, 0.1) is 6.26 Å². The number of nitrogens with zero attached hydrogens (tertiary/aromatic N) is 1. The first-order valence-corrected chi connectivity index (χ1v) is 5.16. The lowest BCUT2D eigenvalue weighted by Gasteiger charge is -2.15. The Hall–Kier alpha value is -0.0900. The van der Waals surface area contributed by atoms with E-state index in [0.29, 0.717) is 6.54 Å². The third-order valence-corrected chi connectivity index (χ3v) is 2.93. The van der Waals surface area contributed by atoms with Gasteiger partial charge in [-0.25, -0.2) is 8.42 Å². The summed E-state index contributed by atoms with van der Waals surface area (Å²) in [5.41, 5.74) is 0. The maximum absolute atomic E-state index is 10.9. The van der Waals surface area contributed by atoms with E-state index in [0.717, 1.165) is 12.8 Å². The number of hydrogen-bond acceptors (Lipinski definition) is 2. The van der Waals surface area contributed by atoms with Gasteiger partial charge in [-0.15, -0.1) is 0 Å². The van der Waals surface area contributed by atoms with Crippen molar-refractivity contribution in [3.63, 3.8) is 0 Å². The molecule has 1 aliphatic carbocycles. The Labute approximate surface area is 62.1 Å². The summed E-state index contributed by atoms with van der Waals surface area (Å²) in [5.74, 6) is 0. The summed E-state index contributed by atoms with van der Waals surface area (Å²) in [6.45, 7) is 3.93. The lowest BCUT2D eigenvalue weighted by Crippen LogP contribution is -2.31. The second-order valence-corrected chi connectivity index (χ2v) is 4.54. The zero-order valence-corrected chi connectivity index (χ0v) is 6.89. The summed E-state index contributed by atoms with van der Waals surface area (Å²) in [7, 11) is -2.98. The minimum Gasteiger partial charge on any atom is -0.212 e. The van der Waals surface area contributed by atoms with Crippen LogP contribution in [0.3, 0.4) is 0 Å². The van der Waals surface area contributed by atoms with Crippen LogP contribution in [0.25, 0.3) is 0 Å². The first-order chi connectivity index (χ1) is 4.55. The van der Waals surface area contributed by atoms with Crippen LogP contribution in [0.1, 0.15) is 12.8 Å². The molecule has 4 heteroatoms. The van der Waals surface area contributed by atoms with Gasteiger partial charge in [-0.2, -0.15) is 4.31 Å². The van der Waals surface area contributed by atoms with Crippen molar-refractivity contribution < 1.29 is 8.42 Å². The molecular weight excluding hydrogens is 150 g/mol. The molecule has 0 amide bonds. The average Bonchev–Trinajstić information content (AvgIpc) is 2.46. The molecule has 0 saturated heterocycles. The number of rotatable bonds is 3. The molecule has 1 saturated carbocycles. The topological polar surface area (TPSA) is 37.4 Å². The lowest BCUT2D eigenvalue weighted by molar-refractivity contribution is 0.439. The molecule has 0 unspecified atom stereocenters. The zero-order chi connectivity index (χ0) is 7.78. The average molecular weight is 162 g/mol. The van der Waals surface area contributed by atoms with Crippen LogP contribution >= 0.6 is 0 Å². The molecule has 1 aliphatic rings. The molecule has 0 bridgehead atoms. The van der Waals surface area contributed by atoms with Gasteiger partial charge in [-0.05, 0) is 19.8 Å². The second kappa shape index (κ2) is 2.51. The molecule has 1 radical (unpaired) electrons. The van der Waals surface area contributed by atoms with E-state index in [1.54, 1.807) is 0 Å². The van der Waals surface area contributed by atoms with Crippen LogP contribution in [-0.2, 0) is 10.0 Å². The summed E-state index contributed by atoms with van der Waals surface area (Å²) in [6, 6.07) is 0.257. The first kappa shape index (κ1) is 8.01. The van der Waals surface area contributed by atoms with Gasteiger partial charge in [0.2, 0.25) is 10.0 Å². The van der Waals surface area contributed by atoms with Gasteiger partial charge < -0.3 is 0 Å². The molecule has 0 atom stereocenters. The van der Waals surface area contributed by atoms with Crippen LogP contribution in [-0.4, -0.2) is 31.6 Å². The summed E-state index contributed by atoms with van der Waals surface area (Å²) < 4.78 is 23.3. The summed E-state index contributed by atoms with van der Waals surface area (Å²) in [6.07, 6.45) is 3.24. The van der Waals surface area contributed by atoms with Crippen molar-refractivity contribution >= 4 is 10.0 Å². The standard InChI is InChI=1S/C6H12NO2S/c1-3-7(6-4-5-6)10(2,8)9/h6H,1,3-5H2,2H3. The van der Waals surface area contributed by atoms with Gasteiger partial charge >= 0.3 is 0 Å². The highest BCUT2D eigenvalue weighted by Crippen LogP contribution is 2.28. The Bertz CT molecular complexity index is 206. The normalized spacial score (nSPS) is 19.9. The quantitative estimate of drug-likeness (QED) is 0.596. The fraction of sp³-hybridized carbons (Fsp3) is 0.833. The predicted octanol–water partition coefficient (Wildman–Crippen LogP) is 0.244. The van der Waals surface area contributed by atoms with E-state index < -0.39 is 10.0 Å². The van der Waals surface area contributed by atoms with Gasteiger partial charge in [-0.3, -0.25) is 0 Å². The Kier molecular flexibility index (Phi) is 2.01. The molecular formula is C6H12NO2S. The van der Waals surface area contributed by atoms with Crippen molar-refractivity contribution in [3.8, 4) is 0 Å². The monoisotopic (exact) mass is 162 g/mol. The third-order valence-electron chi connectivity index (χ3n) is 1.60. The van der Waals surface area contributed by atoms with E-state index in [-0.39, 0.29) is 6.04 Å². The maximum atomic E-state index is 10.9. The van der Waals surface area contributed by atoms with Crippen molar-refractivity contribution in [3.05, 3.63) is 6.92 Å². The van der Waals surface area contributed by atoms with Crippen molar-refractivity contribution in [1.82, 2.24) is 4.31 Å². The molecule has 0 aromatic carbocycles. The van der Waals surface area contributed by atoms with Crippen LogP contribution in [0, 0.1) is 6.92 Å².